The zero-order valence-electron chi connectivity index (χ0n) is 10.6. The fraction of sp³-hybridized carbons (Fsp3) is 0.385. The maximum Gasteiger partial charge on any atom is 0.0574 e. The van der Waals surface area contributed by atoms with Crippen molar-refractivity contribution in [2.75, 3.05) is 7.05 Å². The number of hydrogen-bond acceptors (Lipinski definition) is 3. The van der Waals surface area contributed by atoms with E-state index in [1.807, 2.05) is 37.2 Å². The Kier molecular flexibility index (Phi) is 4.49. The number of pyridine rings is 1. The summed E-state index contributed by atoms with van der Waals surface area (Å²) >= 11 is 3.40. The molecular weight excluding hydrogens is 292 g/mol. The maximum absolute atomic E-state index is 4.44. The minimum Gasteiger partial charge on any atom is -0.312 e. The summed E-state index contributed by atoms with van der Waals surface area (Å²) in [7, 11) is 3.91. The Labute approximate surface area is 116 Å². The molecule has 0 saturated heterocycles. The van der Waals surface area contributed by atoms with Crippen LogP contribution in [-0.2, 0) is 13.5 Å². The van der Waals surface area contributed by atoms with Crippen LogP contribution in [0.4, 0.5) is 0 Å². The second kappa shape index (κ2) is 6.11. The molecule has 2 rings (SSSR count). The van der Waals surface area contributed by atoms with Gasteiger partial charge in [0.05, 0.1) is 11.9 Å². The van der Waals surface area contributed by atoms with E-state index >= 15 is 0 Å². The molecule has 0 aliphatic carbocycles. The molecule has 1 atom stereocenters. The van der Waals surface area contributed by atoms with Gasteiger partial charge >= 0.3 is 0 Å². The van der Waals surface area contributed by atoms with Gasteiger partial charge in [0.2, 0.25) is 0 Å². The van der Waals surface area contributed by atoms with E-state index in [1.165, 1.54) is 5.56 Å². The molecule has 0 saturated carbocycles. The van der Waals surface area contributed by atoms with Crippen molar-refractivity contribution in [3.05, 3.63) is 46.5 Å². The normalized spacial score (nSPS) is 12.6. The Bertz CT molecular complexity index is 492. The summed E-state index contributed by atoms with van der Waals surface area (Å²) in [6, 6.07) is 4.35. The first-order valence-corrected chi connectivity index (χ1v) is 6.74. The van der Waals surface area contributed by atoms with Crippen molar-refractivity contribution in [2.24, 2.45) is 7.05 Å². The van der Waals surface area contributed by atoms with Gasteiger partial charge in [0.25, 0.3) is 0 Å². The third-order valence-electron chi connectivity index (χ3n) is 2.94. The average molecular weight is 309 g/mol. The smallest absolute Gasteiger partial charge is 0.0574 e. The van der Waals surface area contributed by atoms with Crippen LogP contribution in [0, 0.1) is 0 Å². The number of nitrogens with zero attached hydrogens (tertiary/aromatic N) is 3. The van der Waals surface area contributed by atoms with E-state index in [-0.39, 0.29) is 6.04 Å². The van der Waals surface area contributed by atoms with Gasteiger partial charge in [-0.2, -0.15) is 5.10 Å². The summed E-state index contributed by atoms with van der Waals surface area (Å²) in [5.41, 5.74) is 2.33. The fourth-order valence-electron chi connectivity index (χ4n) is 1.95. The molecule has 0 fully saturated rings. The summed E-state index contributed by atoms with van der Waals surface area (Å²) in [5, 5.41) is 7.49. The molecule has 1 unspecified atom stereocenters. The third-order valence-corrected chi connectivity index (χ3v) is 3.40. The summed E-state index contributed by atoms with van der Waals surface area (Å²) in [6.07, 6.45) is 7.82. The molecular formula is C13H17BrN4. The number of aryl methyl sites for hydroxylation is 2. The molecule has 0 bridgehead atoms. The third kappa shape index (κ3) is 3.40. The van der Waals surface area contributed by atoms with Crippen LogP contribution < -0.4 is 5.32 Å². The molecule has 96 valence electrons. The monoisotopic (exact) mass is 308 g/mol. The minimum atomic E-state index is 0.276. The van der Waals surface area contributed by atoms with Gasteiger partial charge in [-0.25, -0.2) is 0 Å². The van der Waals surface area contributed by atoms with E-state index in [9.17, 15) is 0 Å². The standard InChI is InChI=1S/C13H17BrN4/c1-15-12(13-6-4-11(14)8-16-13)5-3-10-7-17-18(2)9-10/h4,6-9,12,15H,3,5H2,1-2H3. The van der Waals surface area contributed by atoms with Gasteiger partial charge in [-0.15, -0.1) is 0 Å². The van der Waals surface area contributed by atoms with Crippen molar-refractivity contribution >= 4 is 15.9 Å². The Balaban J connectivity index is 1.99. The molecule has 0 radical (unpaired) electrons. The highest BCUT2D eigenvalue weighted by Crippen LogP contribution is 2.18. The van der Waals surface area contributed by atoms with Gasteiger partial charge in [0, 0.05) is 30.0 Å². The van der Waals surface area contributed by atoms with Gasteiger partial charge < -0.3 is 5.32 Å². The van der Waals surface area contributed by atoms with Gasteiger partial charge in [-0.3, -0.25) is 9.67 Å². The molecule has 0 amide bonds. The molecule has 0 aliphatic heterocycles. The molecule has 2 aromatic rings. The lowest BCUT2D eigenvalue weighted by atomic mass is 10.0. The highest BCUT2D eigenvalue weighted by Gasteiger charge is 2.11. The van der Waals surface area contributed by atoms with Crippen LogP contribution in [0.5, 0.6) is 0 Å². The average Bonchev–Trinajstić information content (AvgIpc) is 2.78. The van der Waals surface area contributed by atoms with Crippen LogP contribution in [-0.4, -0.2) is 21.8 Å². The van der Waals surface area contributed by atoms with E-state index in [0.29, 0.717) is 0 Å². The van der Waals surface area contributed by atoms with Gasteiger partial charge in [0.1, 0.15) is 0 Å². The first kappa shape index (κ1) is 13.2. The lowest BCUT2D eigenvalue weighted by Crippen LogP contribution is -2.18. The van der Waals surface area contributed by atoms with E-state index in [0.717, 1.165) is 23.0 Å². The van der Waals surface area contributed by atoms with Gasteiger partial charge in [0.15, 0.2) is 0 Å². The quantitative estimate of drug-likeness (QED) is 0.922. The number of rotatable bonds is 5. The maximum atomic E-state index is 4.44. The summed E-state index contributed by atoms with van der Waals surface area (Å²) in [5.74, 6) is 0. The lowest BCUT2D eigenvalue weighted by Gasteiger charge is -2.15. The van der Waals surface area contributed by atoms with Crippen LogP contribution in [0.25, 0.3) is 0 Å². The first-order valence-electron chi connectivity index (χ1n) is 5.95. The molecule has 18 heavy (non-hydrogen) atoms. The minimum absolute atomic E-state index is 0.276. The predicted octanol–water partition coefficient (Wildman–Crippen LogP) is 2.47. The number of halogens is 1. The van der Waals surface area contributed by atoms with Crippen molar-refractivity contribution in [1.29, 1.82) is 0 Å². The van der Waals surface area contributed by atoms with Crippen molar-refractivity contribution in [3.63, 3.8) is 0 Å². The molecule has 2 heterocycles. The summed E-state index contributed by atoms with van der Waals surface area (Å²) in [4.78, 5) is 4.44. The van der Waals surface area contributed by atoms with Crippen molar-refractivity contribution in [1.82, 2.24) is 20.1 Å². The Morgan fingerprint density at radius 3 is 2.78 bits per heavy atom. The Morgan fingerprint density at radius 1 is 1.39 bits per heavy atom. The van der Waals surface area contributed by atoms with Crippen LogP contribution >= 0.6 is 15.9 Å². The van der Waals surface area contributed by atoms with Crippen LogP contribution in [0.15, 0.2) is 35.2 Å². The number of nitrogens with one attached hydrogen (secondary N) is 1. The van der Waals surface area contributed by atoms with Gasteiger partial charge in [-0.1, -0.05) is 0 Å². The molecule has 2 aromatic heterocycles. The molecule has 0 aliphatic rings. The van der Waals surface area contributed by atoms with Crippen molar-refractivity contribution < 1.29 is 0 Å². The van der Waals surface area contributed by atoms with Crippen LogP contribution in [0.2, 0.25) is 0 Å². The molecule has 5 heteroatoms. The highest BCUT2D eigenvalue weighted by molar-refractivity contribution is 9.10. The predicted molar refractivity (Wildman–Crippen MR) is 75.3 cm³/mol. The number of hydrogen-bond donors (Lipinski definition) is 1. The van der Waals surface area contributed by atoms with E-state index in [2.05, 4.69) is 43.6 Å². The van der Waals surface area contributed by atoms with Crippen molar-refractivity contribution in [3.8, 4) is 0 Å². The second-order valence-corrected chi connectivity index (χ2v) is 5.22. The van der Waals surface area contributed by atoms with E-state index < -0.39 is 0 Å². The Hall–Kier alpha value is -1.20. The second-order valence-electron chi connectivity index (χ2n) is 4.30. The van der Waals surface area contributed by atoms with Crippen molar-refractivity contribution in [2.45, 2.75) is 18.9 Å². The molecule has 0 spiro atoms. The van der Waals surface area contributed by atoms with Crippen LogP contribution in [0.3, 0.4) is 0 Å². The zero-order valence-corrected chi connectivity index (χ0v) is 12.2. The summed E-state index contributed by atoms with van der Waals surface area (Å²) in [6.45, 7) is 0. The van der Waals surface area contributed by atoms with Crippen LogP contribution in [0.1, 0.15) is 23.7 Å². The van der Waals surface area contributed by atoms with E-state index in [4.69, 9.17) is 0 Å². The number of aromatic nitrogens is 3. The topological polar surface area (TPSA) is 42.7 Å². The fourth-order valence-corrected chi connectivity index (χ4v) is 2.18. The molecule has 4 nitrogen and oxygen atoms in total. The lowest BCUT2D eigenvalue weighted by molar-refractivity contribution is 0.535. The summed E-state index contributed by atoms with van der Waals surface area (Å²) < 4.78 is 2.84. The largest absolute Gasteiger partial charge is 0.312 e. The van der Waals surface area contributed by atoms with Gasteiger partial charge in [-0.05, 0) is 53.5 Å². The Morgan fingerprint density at radius 2 is 2.22 bits per heavy atom. The SMILES string of the molecule is CNC(CCc1cnn(C)c1)c1ccc(Br)cn1. The zero-order chi connectivity index (χ0) is 13.0. The van der Waals surface area contributed by atoms with E-state index in [1.54, 1.807) is 0 Å². The highest BCUT2D eigenvalue weighted by atomic mass is 79.9. The molecule has 1 N–H and O–H groups in total. The molecule has 0 aromatic carbocycles. The first-order chi connectivity index (χ1) is 8.69.